The second kappa shape index (κ2) is 8.67. The number of carbonyl (C=O) groups excluding carboxylic acids is 1. The zero-order valence-electron chi connectivity index (χ0n) is 16.1. The number of rotatable bonds is 5. The smallest absolute Gasteiger partial charge is 0.246 e. The van der Waals surface area contributed by atoms with Gasteiger partial charge in [0, 0.05) is 25.2 Å². The van der Waals surface area contributed by atoms with Crippen molar-refractivity contribution >= 4 is 33.6 Å². The number of carbonyl (C=O) groups is 1. The van der Waals surface area contributed by atoms with Crippen LogP contribution in [0, 0.1) is 0 Å². The molecule has 2 aliphatic rings. The predicted octanol–water partition coefficient (Wildman–Crippen LogP) is 3.05. The van der Waals surface area contributed by atoms with Gasteiger partial charge in [0.25, 0.3) is 0 Å². The van der Waals surface area contributed by atoms with Crippen LogP contribution in [0.5, 0.6) is 11.5 Å². The highest BCUT2D eigenvalue weighted by molar-refractivity contribution is 7.89. The highest BCUT2D eigenvalue weighted by atomic mass is 35.5. The summed E-state index contributed by atoms with van der Waals surface area (Å²) in [6.07, 6.45) is 4.28. The molecular formula is C21H21ClN2O5S. The molecule has 158 valence electrons. The van der Waals surface area contributed by atoms with E-state index < -0.39 is 10.0 Å². The van der Waals surface area contributed by atoms with Crippen molar-refractivity contribution in [3.05, 3.63) is 59.1 Å². The van der Waals surface area contributed by atoms with Gasteiger partial charge in [-0.15, -0.1) is 0 Å². The molecule has 0 aromatic heterocycles. The first kappa shape index (κ1) is 20.7. The highest BCUT2D eigenvalue weighted by Crippen LogP contribution is 2.40. The molecule has 4 rings (SSSR count). The van der Waals surface area contributed by atoms with Crippen molar-refractivity contribution in [3.63, 3.8) is 0 Å². The van der Waals surface area contributed by atoms with E-state index in [1.165, 1.54) is 6.08 Å². The van der Waals surface area contributed by atoms with Gasteiger partial charge in [-0.3, -0.25) is 4.79 Å². The van der Waals surface area contributed by atoms with E-state index in [0.717, 1.165) is 5.56 Å². The van der Waals surface area contributed by atoms with E-state index >= 15 is 0 Å². The van der Waals surface area contributed by atoms with Gasteiger partial charge in [-0.1, -0.05) is 29.8 Å². The number of nitrogens with one attached hydrogen (secondary N) is 1. The second-order valence-corrected chi connectivity index (χ2v) is 9.22. The summed E-state index contributed by atoms with van der Waals surface area (Å²) in [6, 6.07) is 11.6. The van der Waals surface area contributed by atoms with Crippen molar-refractivity contribution in [2.45, 2.75) is 23.8 Å². The highest BCUT2D eigenvalue weighted by Gasteiger charge is 2.26. The standard InChI is InChI=1S/C21H21ClN2O5S/c22-18-12-15(13-19-21(18)29-14-28-19)6-7-20(25)24-10-8-16(9-11-24)23-30(26,27)17-4-2-1-3-5-17/h1-7,12-13,16,23H,8-11,14H2. The van der Waals surface area contributed by atoms with Crippen LogP contribution in [0.4, 0.5) is 0 Å². The summed E-state index contributed by atoms with van der Waals surface area (Å²) in [5, 5.41) is 0.434. The molecule has 2 aromatic carbocycles. The van der Waals surface area contributed by atoms with Crippen LogP contribution in [0.3, 0.4) is 0 Å². The number of benzene rings is 2. The normalized spacial score (nSPS) is 16.9. The molecule has 7 nitrogen and oxygen atoms in total. The molecule has 2 aliphatic heterocycles. The molecule has 9 heteroatoms. The van der Waals surface area contributed by atoms with Gasteiger partial charge in [-0.25, -0.2) is 13.1 Å². The Morgan fingerprint density at radius 1 is 1.13 bits per heavy atom. The van der Waals surface area contributed by atoms with Crippen LogP contribution in [-0.4, -0.2) is 45.1 Å². The number of hydrogen-bond donors (Lipinski definition) is 1. The summed E-state index contributed by atoms with van der Waals surface area (Å²) in [4.78, 5) is 14.5. The van der Waals surface area contributed by atoms with E-state index in [0.29, 0.717) is 42.5 Å². The van der Waals surface area contributed by atoms with Gasteiger partial charge >= 0.3 is 0 Å². The number of nitrogens with zero attached hydrogens (tertiary/aromatic N) is 1. The third-order valence-corrected chi connectivity index (χ3v) is 6.87. The number of amides is 1. The maximum absolute atomic E-state index is 12.5. The minimum atomic E-state index is -3.56. The van der Waals surface area contributed by atoms with Crippen molar-refractivity contribution in [1.29, 1.82) is 0 Å². The molecule has 0 atom stereocenters. The van der Waals surface area contributed by atoms with Crippen LogP contribution < -0.4 is 14.2 Å². The van der Waals surface area contributed by atoms with Crippen LogP contribution in [-0.2, 0) is 14.8 Å². The molecule has 1 amide bonds. The van der Waals surface area contributed by atoms with Gasteiger partial charge in [0.05, 0.1) is 9.92 Å². The lowest BCUT2D eigenvalue weighted by molar-refractivity contribution is -0.126. The molecule has 1 N–H and O–H groups in total. The van der Waals surface area contributed by atoms with Crippen molar-refractivity contribution in [2.24, 2.45) is 0 Å². The van der Waals surface area contributed by atoms with E-state index in [-0.39, 0.29) is 23.6 Å². The Balaban J connectivity index is 1.32. The molecule has 0 bridgehead atoms. The number of halogens is 1. The van der Waals surface area contributed by atoms with Gasteiger partial charge in [-0.2, -0.15) is 0 Å². The molecular weight excluding hydrogens is 428 g/mol. The number of ether oxygens (including phenoxy) is 2. The van der Waals surface area contributed by atoms with E-state index in [4.69, 9.17) is 21.1 Å². The Labute approximate surface area is 180 Å². The van der Waals surface area contributed by atoms with Crippen LogP contribution in [0.2, 0.25) is 5.02 Å². The number of hydrogen-bond acceptors (Lipinski definition) is 5. The number of likely N-dealkylation sites (tertiary alicyclic amines) is 1. The monoisotopic (exact) mass is 448 g/mol. The summed E-state index contributed by atoms with van der Waals surface area (Å²) in [6.45, 7) is 1.09. The van der Waals surface area contributed by atoms with E-state index in [1.54, 1.807) is 53.4 Å². The fourth-order valence-corrected chi connectivity index (χ4v) is 5.06. The summed E-state index contributed by atoms with van der Waals surface area (Å²) in [5.74, 6) is 0.939. The number of piperidine rings is 1. The van der Waals surface area contributed by atoms with Crippen molar-refractivity contribution in [1.82, 2.24) is 9.62 Å². The first-order valence-corrected chi connectivity index (χ1v) is 11.4. The summed E-state index contributed by atoms with van der Waals surface area (Å²) >= 11 is 6.16. The maximum atomic E-state index is 12.5. The summed E-state index contributed by atoms with van der Waals surface area (Å²) < 4.78 is 38.2. The van der Waals surface area contributed by atoms with Crippen LogP contribution in [0.15, 0.2) is 53.4 Å². The predicted molar refractivity (Wildman–Crippen MR) is 113 cm³/mol. The molecule has 0 radical (unpaired) electrons. The largest absolute Gasteiger partial charge is 0.454 e. The van der Waals surface area contributed by atoms with Crippen molar-refractivity contribution in [2.75, 3.05) is 19.9 Å². The van der Waals surface area contributed by atoms with Gasteiger partial charge in [-0.05, 0) is 48.7 Å². The van der Waals surface area contributed by atoms with Gasteiger partial charge in [0.15, 0.2) is 11.5 Å². The third-order valence-electron chi connectivity index (χ3n) is 5.05. The van der Waals surface area contributed by atoms with Crippen LogP contribution in [0.25, 0.3) is 6.08 Å². The lowest BCUT2D eigenvalue weighted by atomic mass is 10.1. The first-order chi connectivity index (χ1) is 14.4. The molecule has 0 aliphatic carbocycles. The Morgan fingerprint density at radius 2 is 1.87 bits per heavy atom. The fraction of sp³-hybridized carbons (Fsp3) is 0.286. The summed E-state index contributed by atoms with van der Waals surface area (Å²) in [7, 11) is -3.56. The zero-order valence-corrected chi connectivity index (χ0v) is 17.7. The maximum Gasteiger partial charge on any atom is 0.246 e. The average molecular weight is 449 g/mol. The SMILES string of the molecule is O=C(C=Cc1cc(Cl)c2c(c1)OCO2)N1CCC(NS(=O)(=O)c2ccccc2)CC1. The molecule has 1 fully saturated rings. The number of sulfonamides is 1. The van der Waals surface area contributed by atoms with Gasteiger partial charge in [0.2, 0.25) is 22.7 Å². The Kier molecular flexibility index (Phi) is 5.99. The third kappa shape index (κ3) is 4.61. The molecule has 30 heavy (non-hydrogen) atoms. The van der Waals surface area contributed by atoms with E-state index in [2.05, 4.69) is 4.72 Å². The minimum Gasteiger partial charge on any atom is -0.454 e. The Bertz CT molecular complexity index is 1060. The Hall–Kier alpha value is -2.55. The fourth-order valence-electron chi connectivity index (χ4n) is 3.46. The lowest BCUT2D eigenvalue weighted by Gasteiger charge is -2.31. The van der Waals surface area contributed by atoms with E-state index in [1.807, 2.05) is 0 Å². The average Bonchev–Trinajstić information content (AvgIpc) is 3.22. The molecule has 1 saturated heterocycles. The van der Waals surface area contributed by atoms with Crippen molar-refractivity contribution < 1.29 is 22.7 Å². The van der Waals surface area contributed by atoms with Gasteiger partial charge < -0.3 is 14.4 Å². The second-order valence-electron chi connectivity index (χ2n) is 7.10. The first-order valence-electron chi connectivity index (χ1n) is 9.56. The van der Waals surface area contributed by atoms with Crippen LogP contribution >= 0.6 is 11.6 Å². The molecule has 0 unspecified atom stereocenters. The zero-order chi connectivity index (χ0) is 21.1. The Morgan fingerprint density at radius 3 is 2.60 bits per heavy atom. The van der Waals surface area contributed by atoms with Gasteiger partial charge in [0.1, 0.15) is 0 Å². The van der Waals surface area contributed by atoms with Crippen molar-refractivity contribution in [3.8, 4) is 11.5 Å². The topological polar surface area (TPSA) is 84.9 Å². The molecule has 0 saturated carbocycles. The van der Waals surface area contributed by atoms with Crippen LogP contribution in [0.1, 0.15) is 18.4 Å². The van der Waals surface area contributed by atoms with E-state index in [9.17, 15) is 13.2 Å². The minimum absolute atomic E-state index is 0.129. The molecule has 0 spiro atoms. The quantitative estimate of drug-likeness (QED) is 0.710. The molecule has 2 aromatic rings. The molecule has 2 heterocycles. The lowest BCUT2D eigenvalue weighted by Crippen LogP contribution is -2.46. The summed E-state index contributed by atoms with van der Waals surface area (Å²) in [5.41, 5.74) is 0.739. The number of fused-ring (bicyclic) bond motifs is 1.